The first-order valence-electron chi connectivity index (χ1n) is 12.5. The van der Waals surface area contributed by atoms with E-state index >= 15 is 0 Å². The maximum absolute atomic E-state index is 12.0. The third-order valence-electron chi connectivity index (χ3n) is 7.01. The summed E-state index contributed by atoms with van der Waals surface area (Å²) in [6.07, 6.45) is 2.06. The second-order valence-corrected chi connectivity index (χ2v) is 9.38. The summed E-state index contributed by atoms with van der Waals surface area (Å²) < 4.78 is 7.18. The Labute approximate surface area is 219 Å². The molecule has 0 amide bonds. The Hall–Kier alpha value is -3.39. The molecule has 0 bridgehead atoms. The maximum Gasteiger partial charge on any atom is 0.307 e. The van der Waals surface area contributed by atoms with Crippen LogP contribution in [0.1, 0.15) is 55.0 Å². The summed E-state index contributed by atoms with van der Waals surface area (Å²) in [4.78, 5) is 21.0. The fourth-order valence-corrected chi connectivity index (χ4v) is 5.52. The van der Waals surface area contributed by atoms with Crippen molar-refractivity contribution in [1.29, 1.82) is 0 Å². The Morgan fingerprint density at radius 1 is 1.14 bits per heavy atom. The second-order valence-electron chi connectivity index (χ2n) is 9.00. The number of anilines is 1. The minimum atomic E-state index is -0.253. The third-order valence-corrected chi connectivity index (χ3v) is 7.36. The SMILES string of the molecule is CCN(CC)c1ccc(-n2c(C)cc([C@@H]3[C@H](c4ccccn4)NC(=S)N3CCC(=O)OC)c2C)cc1. The van der Waals surface area contributed by atoms with Crippen molar-refractivity contribution in [3.05, 3.63) is 77.4 Å². The van der Waals surface area contributed by atoms with E-state index in [0.29, 0.717) is 11.7 Å². The average molecular weight is 506 g/mol. The molecular formula is C28H35N5O2S. The number of esters is 1. The first-order valence-corrected chi connectivity index (χ1v) is 12.9. The molecule has 4 rings (SSSR count). The topological polar surface area (TPSA) is 62.6 Å². The van der Waals surface area contributed by atoms with Crippen molar-refractivity contribution in [2.24, 2.45) is 0 Å². The molecule has 36 heavy (non-hydrogen) atoms. The number of methoxy groups -OCH3 is 1. The lowest BCUT2D eigenvalue weighted by atomic mass is 9.96. The van der Waals surface area contributed by atoms with Gasteiger partial charge in [-0.05, 0) is 87.9 Å². The van der Waals surface area contributed by atoms with Gasteiger partial charge in [-0.1, -0.05) is 6.07 Å². The fraction of sp³-hybridized carbons (Fsp3) is 0.393. The molecule has 1 saturated heterocycles. The number of ether oxygens (including phenoxy) is 1. The van der Waals surface area contributed by atoms with E-state index in [2.05, 4.69) is 82.7 Å². The highest BCUT2D eigenvalue weighted by atomic mass is 32.1. The van der Waals surface area contributed by atoms with Gasteiger partial charge < -0.3 is 24.4 Å². The van der Waals surface area contributed by atoms with E-state index in [9.17, 15) is 4.79 Å². The van der Waals surface area contributed by atoms with Crippen LogP contribution in [0.25, 0.3) is 5.69 Å². The monoisotopic (exact) mass is 505 g/mol. The Balaban J connectivity index is 1.74. The number of carbonyl (C=O) groups excluding carboxylic acids is 1. The van der Waals surface area contributed by atoms with Crippen LogP contribution >= 0.6 is 12.2 Å². The Morgan fingerprint density at radius 2 is 1.86 bits per heavy atom. The number of thiocarbonyl (C=S) groups is 1. The molecule has 0 spiro atoms. The Morgan fingerprint density at radius 3 is 2.47 bits per heavy atom. The molecule has 0 saturated carbocycles. The van der Waals surface area contributed by atoms with E-state index < -0.39 is 0 Å². The normalized spacial score (nSPS) is 17.2. The molecule has 0 aliphatic carbocycles. The summed E-state index contributed by atoms with van der Waals surface area (Å²) in [5.41, 5.74) is 6.70. The van der Waals surface area contributed by atoms with Crippen molar-refractivity contribution in [2.45, 2.75) is 46.2 Å². The molecule has 1 aliphatic heterocycles. The van der Waals surface area contributed by atoms with Crippen molar-refractivity contribution >= 4 is 29.0 Å². The minimum Gasteiger partial charge on any atom is -0.469 e. The van der Waals surface area contributed by atoms with Crippen molar-refractivity contribution in [3.8, 4) is 5.69 Å². The van der Waals surface area contributed by atoms with Crippen LogP contribution in [-0.4, -0.2) is 52.3 Å². The molecule has 0 radical (unpaired) electrons. The lowest BCUT2D eigenvalue weighted by molar-refractivity contribution is -0.140. The van der Waals surface area contributed by atoms with Crippen LogP contribution in [-0.2, 0) is 9.53 Å². The second kappa shape index (κ2) is 11.1. The Kier molecular flexibility index (Phi) is 7.94. The summed E-state index contributed by atoms with van der Waals surface area (Å²) in [6, 6.07) is 16.6. The number of aromatic nitrogens is 2. The number of rotatable bonds is 9. The van der Waals surface area contributed by atoms with Crippen molar-refractivity contribution in [2.75, 3.05) is 31.6 Å². The quantitative estimate of drug-likeness (QED) is 0.329. The lowest BCUT2D eigenvalue weighted by Crippen LogP contribution is -2.32. The standard InChI is InChI=1S/C28H35N5O2S/c1-6-31(7-2)21-11-13-22(14-12-21)33-19(3)18-23(20(33)4)27-26(24-10-8-9-16-29-24)30-28(36)32(27)17-15-25(34)35-5/h8-14,16,18,26-27H,6-7,15,17H2,1-5H3,(H,30,36)/t26-,27+/m0/s1. The molecule has 0 unspecified atom stereocenters. The molecule has 1 aliphatic rings. The number of benzene rings is 1. The zero-order chi connectivity index (χ0) is 25.8. The van der Waals surface area contributed by atoms with Gasteiger partial charge in [0.25, 0.3) is 0 Å². The molecule has 1 N–H and O–H groups in total. The zero-order valence-corrected chi connectivity index (χ0v) is 22.5. The molecule has 2 atom stereocenters. The highest BCUT2D eigenvalue weighted by molar-refractivity contribution is 7.80. The van der Waals surface area contributed by atoms with Crippen LogP contribution in [0.5, 0.6) is 0 Å². The van der Waals surface area contributed by atoms with E-state index in [4.69, 9.17) is 17.0 Å². The molecule has 3 aromatic rings. The van der Waals surface area contributed by atoms with Gasteiger partial charge in [-0.15, -0.1) is 0 Å². The van der Waals surface area contributed by atoms with Crippen LogP contribution in [0.15, 0.2) is 54.7 Å². The van der Waals surface area contributed by atoms with E-state index in [1.54, 1.807) is 6.20 Å². The molecule has 1 aromatic carbocycles. The molecular weight excluding hydrogens is 470 g/mol. The van der Waals surface area contributed by atoms with Crippen LogP contribution in [0.4, 0.5) is 5.69 Å². The van der Waals surface area contributed by atoms with E-state index in [0.717, 1.165) is 41.4 Å². The largest absolute Gasteiger partial charge is 0.469 e. The molecule has 7 nitrogen and oxygen atoms in total. The number of nitrogens with zero attached hydrogens (tertiary/aromatic N) is 4. The van der Waals surface area contributed by atoms with Crippen LogP contribution < -0.4 is 10.2 Å². The summed E-state index contributed by atoms with van der Waals surface area (Å²) in [6.45, 7) is 11.1. The summed E-state index contributed by atoms with van der Waals surface area (Å²) >= 11 is 5.74. The average Bonchev–Trinajstić information content (AvgIpc) is 3.38. The summed E-state index contributed by atoms with van der Waals surface area (Å²) in [5.74, 6) is -0.253. The van der Waals surface area contributed by atoms with Gasteiger partial charge in [0.1, 0.15) is 0 Å². The molecule has 3 heterocycles. The predicted octanol–water partition coefficient (Wildman–Crippen LogP) is 4.87. The van der Waals surface area contributed by atoms with Gasteiger partial charge in [-0.3, -0.25) is 9.78 Å². The van der Waals surface area contributed by atoms with Crippen molar-refractivity contribution in [3.63, 3.8) is 0 Å². The van der Waals surface area contributed by atoms with E-state index in [-0.39, 0.29) is 24.5 Å². The number of pyridine rings is 1. The number of hydrogen-bond acceptors (Lipinski definition) is 5. The van der Waals surface area contributed by atoms with Crippen LogP contribution in [0.3, 0.4) is 0 Å². The van der Waals surface area contributed by atoms with Crippen molar-refractivity contribution < 1.29 is 9.53 Å². The van der Waals surface area contributed by atoms with Gasteiger partial charge in [-0.25, -0.2) is 0 Å². The van der Waals surface area contributed by atoms with Crippen LogP contribution in [0, 0.1) is 13.8 Å². The van der Waals surface area contributed by atoms with Gasteiger partial charge in [0.2, 0.25) is 0 Å². The van der Waals surface area contributed by atoms with Crippen molar-refractivity contribution in [1.82, 2.24) is 19.8 Å². The summed E-state index contributed by atoms with van der Waals surface area (Å²) in [5, 5.41) is 4.09. The third kappa shape index (κ3) is 4.95. The molecule has 1 fully saturated rings. The van der Waals surface area contributed by atoms with Gasteiger partial charge >= 0.3 is 5.97 Å². The lowest BCUT2D eigenvalue weighted by Gasteiger charge is -2.28. The summed E-state index contributed by atoms with van der Waals surface area (Å²) in [7, 11) is 1.41. The zero-order valence-electron chi connectivity index (χ0n) is 21.7. The van der Waals surface area contributed by atoms with Gasteiger partial charge in [0.05, 0.1) is 31.3 Å². The maximum atomic E-state index is 12.0. The Bertz CT molecular complexity index is 1200. The number of nitrogens with one attached hydrogen (secondary N) is 1. The minimum absolute atomic E-state index is 0.105. The van der Waals surface area contributed by atoms with E-state index in [1.165, 1.54) is 12.8 Å². The molecule has 8 heteroatoms. The van der Waals surface area contributed by atoms with E-state index in [1.807, 2.05) is 18.2 Å². The first kappa shape index (κ1) is 25.7. The predicted molar refractivity (Wildman–Crippen MR) is 148 cm³/mol. The van der Waals surface area contributed by atoms with Gasteiger partial charge in [-0.2, -0.15) is 0 Å². The first-order chi connectivity index (χ1) is 17.4. The highest BCUT2D eigenvalue weighted by Gasteiger charge is 2.41. The number of aryl methyl sites for hydroxylation is 1. The molecule has 190 valence electrons. The number of hydrogen-bond donors (Lipinski definition) is 1. The molecule has 2 aromatic heterocycles. The van der Waals surface area contributed by atoms with Gasteiger partial charge in [0.15, 0.2) is 5.11 Å². The smallest absolute Gasteiger partial charge is 0.307 e. The number of carbonyl (C=O) groups is 1. The highest BCUT2D eigenvalue weighted by Crippen LogP contribution is 2.41. The van der Waals surface area contributed by atoms with Crippen LogP contribution in [0.2, 0.25) is 0 Å². The van der Waals surface area contributed by atoms with Gasteiger partial charge in [0, 0.05) is 48.6 Å². The fourth-order valence-electron chi connectivity index (χ4n) is 5.18.